The lowest BCUT2D eigenvalue weighted by Crippen LogP contribution is -2.32. The largest absolute Gasteiger partial charge is 0.241 e. The molecular formula is C18H20N4O2S. The smallest absolute Gasteiger partial charge is 0.207 e. The Balaban J connectivity index is 1.95. The van der Waals surface area contributed by atoms with Crippen LogP contribution in [0.2, 0.25) is 0 Å². The summed E-state index contributed by atoms with van der Waals surface area (Å²) in [7, 11) is -3.68. The Morgan fingerprint density at radius 2 is 1.72 bits per heavy atom. The van der Waals surface area contributed by atoms with Crippen LogP contribution >= 0.6 is 0 Å². The fraction of sp³-hybridized carbons (Fsp3) is 0.222. The first-order chi connectivity index (χ1) is 12.0. The van der Waals surface area contributed by atoms with Gasteiger partial charge in [-0.25, -0.2) is 13.1 Å². The predicted molar refractivity (Wildman–Crippen MR) is 95.4 cm³/mol. The van der Waals surface area contributed by atoms with Crippen molar-refractivity contribution in [1.82, 2.24) is 19.7 Å². The number of nitrogens with zero attached hydrogens (tertiary/aromatic N) is 3. The van der Waals surface area contributed by atoms with E-state index in [4.69, 9.17) is 0 Å². The van der Waals surface area contributed by atoms with E-state index >= 15 is 0 Å². The molecule has 1 heterocycles. The van der Waals surface area contributed by atoms with Crippen molar-refractivity contribution in [1.29, 1.82) is 0 Å². The van der Waals surface area contributed by atoms with Gasteiger partial charge in [-0.1, -0.05) is 42.5 Å². The van der Waals surface area contributed by atoms with Crippen molar-refractivity contribution in [3.8, 4) is 0 Å². The van der Waals surface area contributed by atoms with Crippen molar-refractivity contribution >= 4 is 10.0 Å². The Morgan fingerprint density at radius 3 is 2.40 bits per heavy atom. The number of hydrogen-bond acceptors (Lipinski definition) is 4. The zero-order valence-electron chi connectivity index (χ0n) is 14.1. The lowest BCUT2D eigenvalue weighted by Gasteiger charge is -2.20. The number of aromatic nitrogens is 3. The molecule has 7 heteroatoms. The van der Waals surface area contributed by atoms with E-state index in [0.717, 1.165) is 11.1 Å². The average molecular weight is 356 g/mol. The molecule has 6 nitrogen and oxygen atoms in total. The molecule has 0 spiro atoms. The number of aryl methyl sites for hydroxylation is 2. The summed E-state index contributed by atoms with van der Waals surface area (Å²) in [4.78, 5) is 1.77. The number of hydrogen-bond donors (Lipinski definition) is 1. The van der Waals surface area contributed by atoms with Gasteiger partial charge in [0.15, 0.2) is 0 Å². The minimum atomic E-state index is -3.68. The zero-order valence-corrected chi connectivity index (χ0v) is 14.9. The molecule has 1 N–H and O–H groups in total. The van der Waals surface area contributed by atoms with Gasteiger partial charge in [0, 0.05) is 0 Å². The number of benzene rings is 2. The zero-order chi connectivity index (χ0) is 17.9. The Morgan fingerprint density at radius 1 is 1.04 bits per heavy atom. The summed E-state index contributed by atoms with van der Waals surface area (Å²) in [6.07, 6.45) is 3.14. The highest BCUT2D eigenvalue weighted by Crippen LogP contribution is 2.21. The maximum Gasteiger partial charge on any atom is 0.241 e. The van der Waals surface area contributed by atoms with Crippen LogP contribution in [0.5, 0.6) is 0 Å². The van der Waals surface area contributed by atoms with Gasteiger partial charge in [-0.3, -0.25) is 0 Å². The van der Waals surface area contributed by atoms with Gasteiger partial charge in [0.25, 0.3) is 0 Å². The minimum absolute atomic E-state index is 0.293. The minimum Gasteiger partial charge on any atom is -0.207 e. The highest BCUT2D eigenvalue weighted by molar-refractivity contribution is 7.89. The van der Waals surface area contributed by atoms with Crippen LogP contribution in [0.1, 0.15) is 22.7 Å². The highest BCUT2D eigenvalue weighted by Gasteiger charge is 2.24. The number of nitrogens with one attached hydrogen (secondary N) is 1. The monoisotopic (exact) mass is 356 g/mol. The maximum atomic E-state index is 13.0. The van der Waals surface area contributed by atoms with Gasteiger partial charge in [-0.2, -0.15) is 15.0 Å². The fourth-order valence-electron chi connectivity index (χ4n) is 2.64. The van der Waals surface area contributed by atoms with Gasteiger partial charge < -0.3 is 0 Å². The van der Waals surface area contributed by atoms with Crippen LogP contribution in [-0.4, -0.2) is 23.4 Å². The summed E-state index contributed by atoms with van der Waals surface area (Å²) in [6.45, 7) is 3.97. The third-order valence-electron chi connectivity index (χ3n) is 3.94. The van der Waals surface area contributed by atoms with Crippen LogP contribution < -0.4 is 4.72 Å². The van der Waals surface area contributed by atoms with Crippen molar-refractivity contribution in [2.24, 2.45) is 0 Å². The molecular weight excluding hydrogens is 336 g/mol. The molecule has 0 aliphatic heterocycles. The van der Waals surface area contributed by atoms with Crippen LogP contribution in [0, 0.1) is 13.8 Å². The van der Waals surface area contributed by atoms with Crippen molar-refractivity contribution in [2.75, 3.05) is 0 Å². The number of sulfonamides is 1. The molecule has 0 bridgehead atoms. The molecule has 0 radical (unpaired) electrons. The maximum absolute atomic E-state index is 13.0. The van der Waals surface area contributed by atoms with E-state index in [9.17, 15) is 8.42 Å². The lowest BCUT2D eigenvalue weighted by molar-refractivity contribution is 0.444. The second-order valence-corrected chi connectivity index (χ2v) is 7.62. The topological polar surface area (TPSA) is 76.9 Å². The molecule has 0 aliphatic carbocycles. The van der Waals surface area contributed by atoms with Gasteiger partial charge in [0.1, 0.15) is 0 Å². The molecule has 0 fully saturated rings. The molecule has 25 heavy (non-hydrogen) atoms. The first-order valence-corrected chi connectivity index (χ1v) is 9.43. The first kappa shape index (κ1) is 17.3. The van der Waals surface area contributed by atoms with Crippen LogP contribution in [0.15, 0.2) is 65.8 Å². The molecule has 130 valence electrons. The third kappa shape index (κ3) is 4.12. The highest BCUT2D eigenvalue weighted by atomic mass is 32.2. The molecule has 3 rings (SSSR count). The van der Waals surface area contributed by atoms with Crippen molar-refractivity contribution in [2.45, 2.75) is 31.3 Å². The van der Waals surface area contributed by atoms with Crippen molar-refractivity contribution in [3.63, 3.8) is 0 Å². The van der Waals surface area contributed by atoms with E-state index in [2.05, 4.69) is 14.9 Å². The van der Waals surface area contributed by atoms with Crippen LogP contribution in [0.25, 0.3) is 0 Å². The van der Waals surface area contributed by atoms with Crippen molar-refractivity contribution in [3.05, 3.63) is 77.6 Å². The second-order valence-electron chi connectivity index (χ2n) is 5.94. The van der Waals surface area contributed by atoms with E-state index in [1.165, 1.54) is 4.80 Å². The quantitative estimate of drug-likeness (QED) is 0.736. The molecule has 0 saturated heterocycles. The molecule has 0 saturated carbocycles. The Labute approximate surface area is 147 Å². The fourth-order valence-corrected chi connectivity index (χ4v) is 4.19. The summed E-state index contributed by atoms with van der Waals surface area (Å²) in [5.41, 5.74) is 2.46. The van der Waals surface area contributed by atoms with Crippen LogP contribution in [0.3, 0.4) is 0 Å². The molecule has 1 atom stereocenters. The standard InChI is InChI=1S/C18H20N4O2S/c1-14-8-9-15(2)18(12-14)25(23,24)21-17(13-22-19-10-11-20-22)16-6-4-3-5-7-16/h3-12,17,21H,13H2,1-2H3. The molecule has 3 aromatic rings. The SMILES string of the molecule is Cc1ccc(C)c(S(=O)(=O)NC(Cn2nccn2)c2ccccc2)c1. The van der Waals surface area contributed by atoms with E-state index in [-0.39, 0.29) is 0 Å². The molecule has 2 aromatic carbocycles. The Kier molecular flexibility index (Phi) is 4.96. The summed E-state index contributed by atoms with van der Waals surface area (Å²) in [5.74, 6) is 0. The first-order valence-electron chi connectivity index (χ1n) is 7.94. The Bertz CT molecular complexity index is 938. The van der Waals surface area contributed by atoms with Gasteiger partial charge in [-0.05, 0) is 36.6 Å². The molecule has 1 aromatic heterocycles. The summed E-state index contributed by atoms with van der Waals surface area (Å²) in [6, 6.07) is 14.4. The molecule has 0 amide bonds. The van der Waals surface area contributed by atoms with Gasteiger partial charge >= 0.3 is 0 Å². The Hall–Kier alpha value is -2.51. The predicted octanol–water partition coefficient (Wildman–Crippen LogP) is 2.61. The van der Waals surface area contributed by atoms with E-state index in [0.29, 0.717) is 17.0 Å². The third-order valence-corrected chi connectivity index (χ3v) is 5.56. The van der Waals surface area contributed by atoms with Crippen LogP contribution in [-0.2, 0) is 16.6 Å². The van der Waals surface area contributed by atoms with Gasteiger partial charge in [0.05, 0.1) is 29.9 Å². The number of rotatable bonds is 6. The van der Waals surface area contributed by atoms with Crippen molar-refractivity contribution < 1.29 is 8.42 Å². The molecule has 0 aliphatic rings. The molecule has 1 unspecified atom stereocenters. The van der Waals surface area contributed by atoms with Gasteiger partial charge in [-0.15, -0.1) is 0 Å². The van der Waals surface area contributed by atoms with Crippen LogP contribution in [0.4, 0.5) is 0 Å². The summed E-state index contributed by atoms with van der Waals surface area (Å²) < 4.78 is 28.7. The van der Waals surface area contributed by atoms with E-state index in [1.807, 2.05) is 49.4 Å². The summed E-state index contributed by atoms with van der Waals surface area (Å²) in [5, 5.41) is 8.17. The average Bonchev–Trinajstić information content (AvgIpc) is 3.10. The second kappa shape index (κ2) is 7.16. The normalized spacial score (nSPS) is 12.9. The summed E-state index contributed by atoms with van der Waals surface area (Å²) >= 11 is 0. The lowest BCUT2D eigenvalue weighted by atomic mass is 10.1. The van der Waals surface area contributed by atoms with E-state index in [1.54, 1.807) is 25.4 Å². The van der Waals surface area contributed by atoms with E-state index < -0.39 is 16.1 Å². The van der Waals surface area contributed by atoms with Gasteiger partial charge in [0.2, 0.25) is 10.0 Å².